The number of hydrogen-bond donors (Lipinski definition) is 1. The zero-order chi connectivity index (χ0) is 13.4. The number of halogens is 1. The molecular weight excluding hydrogens is 260 g/mol. The van der Waals surface area contributed by atoms with Crippen molar-refractivity contribution < 1.29 is 0 Å². The van der Waals surface area contributed by atoms with Gasteiger partial charge in [0.2, 0.25) is 5.95 Å². The number of nitrogens with zero attached hydrogens (tertiary/aromatic N) is 3. The van der Waals surface area contributed by atoms with Crippen molar-refractivity contribution >= 4 is 28.6 Å². The molecule has 2 aromatic heterocycles. The van der Waals surface area contributed by atoms with Gasteiger partial charge in [-0.3, -0.25) is 4.98 Å². The first kappa shape index (κ1) is 12.0. The first-order chi connectivity index (χ1) is 9.18. The van der Waals surface area contributed by atoms with Crippen LogP contribution in [0, 0.1) is 0 Å². The topological polar surface area (TPSA) is 56.7 Å². The lowest BCUT2D eigenvalue weighted by Gasteiger charge is -2.16. The molecule has 0 bridgehead atoms. The van der Waals surface area contributed by atoms with Gasteiger partial charge < -0.3 is 10.3 Å². The Labute approximate surface area is 115 Å². The van der Waals surface area contributed by atoms with Gasteiger partial charge in [0.1, 0.15) is 5.52 Å². The van der Waals surface area contributed by atoms with Crippen LogP contribution in [-0.4, -0.2) is 14.5 Å². The molecule has 0 saturated carbocycles. The Morgan fingerprint density at radius 3 is 2.68 bits per heavy atom. The van der Waals surface area contributed by atoms with Gasteiger partial charge >= 0.3 is 0 Å². The summed E-state index contributed by atoms with van der Waals surface area (Å²) in [7, 11) is 0. The van der Waals surface area contributed by atoms with Crippen LogP contribution < -0.4 is 5.73 Å². The Kier molecular flexibility index (Phi) is 2.87. The minimum absolute atomic E-state index is 0.0754. The van der Waals surface area contributed by atoms with E-state index in [0.717, 1.165) is 16.6 Å². The van der Waals surface area contributed by atoms with Gasteiger partial charge in [0.15, 0.2) is 0 Å². The van der Waals surface area contributed by atoms with Gasteiger partial charge in [-0.05, 0) is 36.8 Å². The number of nitrogens with two attached hydrogens (primary N) is 1. The lowest BCUT2D eigenvalue weighted by atomic mass is 10.1. The molecule has 0 aliphatic carbocycles. The summed E-state index contributed by atoms with van der Waals surface area (Å²) in [6, 6.07) is 9.72. The van der Waals surface area contributed by atoms with Crippen LogP contribution in [-0.2, 0) is 0 Å². The molecule has 1 atom stereocenters. The lowest BCUT2D eigenvalue weighted by molar-refractivity contribution is 0.667. The highest BCUT2D eigenvalue weighted by Crippen LogP contribution is 2.30. The van der Waals surface area contributed by atoms with Crippen molar-refractivity contribution in [3.05, 3.63) is 53.3 Å². The fourth-order valence-electron chi connectivity index (χ4n) is 2.30. The molecule has 0 radical (unpaired) electrons. The summed E-state index contributed by atoms with van der Waals surface area (Å²) in [4.78, 5) is 8.38. The Morgan fingerprint density at radius 1 is 1.21 bits per heavy atom. The SMILES string of the molecule is CC(c1ccncc1)n1c(N)nc2c(Cl)cccc21. The highest BCUT2D eigenvalue weighted by molar-refractivity contribution is 6.35. The number of para-hydroxylation sites is 1. The first-order valence-electron chi connectivity index (χ1n) is 6.00. The van der Waals surface area contributed by atoms with E-state index in [4.69, 9.17) is 17.3 Å². The second kappa shape index (κ2) is 4.55. The third-order valence-electron chi connectivity index (χ3n) is 3.27. The summed E-state index contributed by atoms with van der Waals surface area (Å²) in [5.41, 5.74) is 8.84. The Balaban J connectivity index is 2.20. The fraction of sp³-hybridized carbons (Fsp3) is 0.143. The first-order valence-corrected chi connectivity index (χ1v) is 6.38. The van der Waals surface area contributed by atoms with Gasteiger partial charge in [-0.25, -0.2) is 4.98 Å². The Hall–Kier alpha value is -2.07. The molecule has 0 spiro atoms. The number of nitrogen functional groups attached to an aromatic ring is 1. The van der Waals surface area contributed by atoms with Crippen molar-refractivity contribution in [1.29, 1.82) is 0 Å². The highest BCUT2D eigenvalue weighted by Gasteiger charge is 2.16. The van der Waals surface area contributed by atoms with Crippen LogP contribution in [0.4, 0.5) is 5.95 Å². The second-order valence-electron chi connectivity index (χ2n) is 4.40. The molecule has 3 aromatic rings. The molecule has 0 fully saturated rings. The van der Waals surface area contributed by atoms with Gasteiger partial charge in [0.25, 0.3) is 0 Å². The van der Waals surface area contributed by atoms with E-state index in [1.54, 1.807) is 12.4 Å². The molecule has 2 heterocycles. The molecule has 3 rings (SSSR count). The van der Waals surface area contributed by atoms with Crippen LogP contribution in [0.3, 0.4) is 0 Å². The van der Waals surface area contributed by atoms with E-state index in [1.165, 1.54) is 0 Å². The molecular formula is C14H13ClN4. The third kappa shape index (κ3) is 1.94. The summed E-state index contributed by atoms with van der Waals surface area (Å²) in [5, 5.41) is 0.616. The van der Waals surface area contributed by atoms with E-state index in [-0.39, 0.29) is 6.04 Å². The zero-order valence-corrected chi connectivity index (χ0v) is 11.2. The lowest BCUT2D eigenvalue weighted by Crippen LogP contribution is -2.10. The number of aromatic nitrogens is 3. The third-order valence-corrected chi connectivity index (χ3v) is 3.58. The Bertz CT molecular complexity index is 721. The molecule has 0 aliphatic heterocycles. The molecule has 2 N–H and O–H groups in total. The van der Waals surface area contributed by atoms with Gasteiger partial charge in [-0.1, -0.05) is 17.7 Å². The fourth-order valence-corrected chi connectivity index (χ4v) is 2.51. The van der Waals surface area contributed by atoms with Crippen LogP contribution in [0.2, 0.25) is 5.02 Å². The molecule has 0 amide bonds. The smallest absolute Gasteiger partial charge is 0.201 e. The van der Waals surface area contributed by atoms with Gasteiger partial charge in [-0.2, -0.15) is 0 Å². The summed E-state index contributed by atoms with van der Waals surface area (Å²) in [5.74, 6) is 0.465. The van der Waals surface area contributed by atoms with Crippen LogP contribution in [0.5, 0.6) is 0 Å². The normalized spacial score (nSPS) is 12.7. The summed E-state index contributed by atoms with van der Waals surface area (Å²) < 4.78 is 1.98. The quantitative estimate of drug-likeness (QED) is 0.779. The average Bonchev–Trinajstić information content (AvgIpc) is 2.77. The number of anilines is 1. The molecule has 5 heteroatoms. The van der Waals surface area contributed by atoms with Gasteiger partial charge in [-0.15, -0.1) is 0 Å². The highest BCUT2D eigenvalue weighted by atomic mass is 35.5. The summed E-state index contributed by atoms with van der Waals surface area (Å²) in [6.07, 6.45) is 3.54. The van der Waals surface area contributed by atoms with Crippen LogP contribution in [0.15, 0.2) is 42.7 Å². The van der Waals surface area contributed by atoms with Crippen molar-refractivity contribution in [2.45, 2.75) is 13.0 Å². The number of rotatable bonds is 2. The van der Waals surface area contributed by atoms with Crippen LogP contribution in [0.1, 0.15) is 18.5 Å². The van der Waals surface area contributed by atoms with Crippen molar-refractivity contribution in [1.82, 2.24) is 14.5 Å². The van der Waals surface area contributed by atoms with E-state index in [0.29, 0.717) is 11.0 Å². The molecule has 0 aliphatic rings. The minimum atomic E-state index is 0.0754. The molecule has 19 heavy (non-hydrogen) atoms. The molecule has 4 nitrogen and oxygen atoms in total. The minimum Gasteiger partial charge on any atom is -0.369 e. The second-order valence-corrected chi connectivity index (χ2v) is 4.81. The number of hydrogen-bond acceptors (Lipinski definition) is 3. The van der Waals surface area contributed by atoms with E-state index in [2.05, 4.69) is 16.9 Å². The number of imidazole rings is 1. The van der Waals surface area contributed by atoms with E-state index in [1.807, 2.05) is 34.9 Å². The summed E-state index contributed by atoms with van der Waals surface area (Å²) >= 11 is 6.15. The molecule has 1 aromatic carbocycles. The van der Waals surface area contributed by atoms with Crippen LogP contribution in [0.25, 0.3) is 11.0 Å². The zero-order valence-electron chi connectivity index (χ0n) is 10.4. The maximum Gasteiger partial charge on any atom is 0.201 e. The van der Waals surface area contributed by atoms with Gasteiger partial charge in [0.05, 0.1) is 16.6 Å². The molecule has 0 saturated heterocycles. The Morgan fingerprint density at radius 2 is 1.95 bits per heavy atom. The van der Waals surface area contributed by atoms with Crippen molar-refractivity contribution in [2.24, 2.45) is 0 Å². The molecule has 1 unspecified atom stereocenters. The maximum absolute atomic E-state index is 6.15. The van der Waals surface area contributed by atoms with Gasteiger partial charge in [0, 0.05) is 12.4 Å². The standard InChI is InChI=1S/C14H13ClN4/c1-9(10-5-7-17-8-6-10)19-12-4-2-3-11(15)13(12)18-14(19)16/h2-9H,1H3,(H2,16,18). The average molecular weight is 273 g/mol. The maximum atomic E-state index is 6.15. The molecule has 96 valence electrons. The summed E-state index contributed by atoms with van der Waals surface area (Å²) in [6.45, 7) is 2.08. The van der Waals surface area contributed by atoms with Crippen molar-refractivity contribution in [3.63, 3.8) is 0 Å². The van der Waals surface area contributed by atoms with E-state index in [9.17, 15) is 0 Å². The number of pyridine rings is 1. The van der Waals surface area contributed by atoms with Crippen molar-refractivity contribution in [3.8, 4) is 0 Å². The number of fused-ring (bicyclic) bond motifs is 1. The monoisotopic (exact) mass is 272 g/mol. The van der Waals surface area contributed by atoms with E-state index >= 15 is 0 Å². The number of benzene rings is 1. The largest absolute Gasteiger partial charge is 0.369 e. The van der Waals surface area contributed by atoms with Crippen molar-refractivity contribution in [2.75, 3.05) is 5.73 Å². The predicted octanol–water partition coefficient (Wildman–Crippen LogP) is 3.28. The van der Waals surface area contributed by atoms with E-state index < -0.39 is 0 Å². The predicted molar refractivity (Wildman–Crippen MR) is 77.2 cm³/mol. The van der Waals surface area contributed by atoms with Crippen LogP contribution >= 0.6 is 11.6 Å².